The van der Waals surface area contributed by atoms with Gasteiger partial charge in [0.2, 0.25) is 5.91 Å². The number of halogens is 4. The summed E-state index contributed by atoms with van der Waals surface area (Å²) in [6, 6.07) is 24.5. The van der Waals surface area contributed by atoms with E-state index in [1.165, 1.54) is 36.0 Å². The average molecular weight is 687 g/mol. The van der Waals surface area contributed by atoms with Gasteiger partial charge in [-0.15, -0.1) is 11.8 Å². The average Bonchev–Trinajstić information content (AvgIpc) is 2.96. The van der Waals surface area contributed by atoms with Gasteiger partial charge in [-0.3, -0.25) is 14.4 Å². The van der Waals surface area contributed by atoms with Gasteiger partial charge in [0.05, 0.1) is 10.9 Å². The van der Waals surface area contributed by atoms with Gasteiger partial charge in [0.15, 0.2) is 0 Å². The maximum Gasteiger partial charge on any atom is 0.272 e. The zero-order valence-corrected chi connectivity index (χ0v) is 25.9. The lowest BCUT2D eigenvalue weighted by molar-refractivity contribution is -0.115. The molecule has 4 aromatic carbocycles. The van der Waals surface area contributed by atoms with E-state index in [1.807, 2.05) is 0 Å². The molecule has 6 nitrogen and oxygen atoms in total. The number of nitrogens with one attached hydrogen (secondary N) is 3. The second-order valence-electron chi connectivity index (χ2n) is 8.90. The van der Waals surface area contributed by atoms with E-state index in [0.717, 1.165) is 0 Å². The normalized spacial score (nSPS) is 11.9. The van der Waals surface area contributed by atoms with Gasteiger partial charge in [0, 0.05) is 30.7 Å². The topological polar surface area (TPSA) is 87.3 Å². The molecule has 0 aliphatic rings. The Labute approximate surface area is 264 Å². The summed E-state index contributed by atoms with van der Waals surface area (Å²) in [5.41, 5.74) is 1.31. The van der Waals surface area contributed by atoms with E-state index in [1.54, 1.807) is 79.7 Å². The molecule has 0 saturated carbocycles. The summed E-state index contributed by atoms with van der Waals surface area (Å²) in [4.78, 5) is 39.7. The van der Waals surface area contributed by atoms with Crippen LogP contribution in [0.15, 0.2) is 106 Å². The fraction of sp³-hybridized carbons (Fsp3) is 0.0645. The van der Waals surface area contributed by atoms with E-state index in [2.05, 4.69) is 31.9 Å². The molecule has 214 valence electrons. The summed E-state index contributed by atoms with van der Waals surface area (Å²) in [6.07, 6.45) is 1.46. The second kappa shape index (κ2) is 14.5. The number of carbonyl (C=O) groups excluding carboxylic acids is 3. The van der Waals surface area contributed by atoms with Gasteiger partial charge >= 0.3 is 0 Å². The molecular formula is C31H23BrCl2FN3O3S. The summed E-state index contributed by atoms with van der Waals surface area (Å²) in [7, 11) is 0. The van der Waals surface area contributed by atoms with E-state index >= 15 is 0 Å². The van der Waals surface area contributed by atoms with Crippen molar-refractivity contribution in [1.82, 2.24) is 5.32 Å². The minimum atomic E-state index is -0.594. The maximum absolute atomic E-state index is 14.2. The maximum atomic E-state index is 14.2. The molecule has 42 heavy (non-hydrogen) atoms. The molecule has 0 bridgehead atoms. The number of benzene rings is 4. The van der Waals surface area contributed by atoms with E-state index in [0.29, 0.717) is 36.2 Å². The van der Waals surface area contributed by atoms with Gasteiger partial charge in [0.25, 0.3) is 11.8 Å². The smallest absolute Gasteiger partial charge is 0.272 e. The molecule has 4 rings (SSSR count). The highest BCUT2D eigenvalue weighted by atomic mass is 79.9. The Morgan fingerprint density at radius 3 is 2.38 bits per heavy atom. The highest BCUT2D eigenvalue weighted by Crippen LogP contribution is 2.28. The first-order valence-corrected chi connectivity index (χ1v) is 14.9. The Morgan fingerprint density at radius 2 is 1.67 bits per heavy atom. The fourth-order valence-corrected chi connectivity index (χ4v) is 5.37. The third kappa shape index (κ3) is 8.69. The van der Waals surface area contributed by atoms with Crippen LogP contribution < -0.4 is 16.0 Å². The monoisotopic (exact) mass is 685 g/mol. The van der Waals surface area contributed by atoms with Gasteiger partial charge in [-0.25, -0.2) is 4.39 Å². The van der Waals surface area contributed by atoms with E-state index in [-0.39, 0.29) is 17.3 Å². The SMILES string of the molecule is CC(Sc1cccc(NC(=O)/C(=C\c2ccc(Cl)cc2Cl)NC(=O)c2ccccc2)c1)C(=O)Nc1ccc(Br)cc1F. The molecule has 11 heteroatoms. The summed E-state index contributed by atoms with van der Waals surface area (Å²) < 4.78 is 14.7. The van der Waals surface area contributed by atoms with Gasteiger partial charge in [-0.2, -0.15) is 0 Å². The standard InChI is InChI=1S/C31H23BrCl2FN3O3S/c1-18(29(39)37-27-13-11-21(32)15-26(27)35)42-24-9-5-8-23(17-24)36-31(41)28(14-20-10-12-22(33)16-25(20)34)38-30(40)19-6-3-2-4-7-19/h2-18H,1H3,(H,36,41)(H,37,39)(H,38,40)/b28-14+. The Kier molecular flexibility index (Phi) is 10.8. The van der Waals surface area contributed by atoms with Crippen LogP contribution in [-0.2, 0) is 9.59 Å². The molecule has 0 radical (unpaired) electrons. The van der Waals surface area contributed by atoms with Gasteiger partial charge < -0.3 is 16.0 Å². The third-order valence-electron chi connectivity index (χ3n) is 5.75. The van der Waals surface area contributed by atoms with Crippen molar-refractivity contribution in [3.8, 4) is 0 Å². The molecule has 1 atom stereocenters. The molecule has 0 aliphatic heterocycles. The van der Waals surface area contributed by atoms with Crippen LogP contribution in [0.2, 0.25) is 10.0 Å². The van der Waals surface area contributed by atoms with Crippen molar-refractivity contribution in [1.29, 1.82) is 0 Å². The molecule has 0 spiro atoms. The molecular weight excluding hydrogens is 664 g/mol. The van der Waals surface area contributed by atoms with Gasteiger partial charge in [-0.1, -0.05) is 69.5 Å². The van der Waals surface area contributed by atoms with Crippen LogP contribution in [0.25, 0.3) is 6.08 Å². The summed E-state index contributed by atoms with van der Waals surface area (Å²) in [6.45, 7) is 1.69. The fourth-order valence-electron chi connectivity index (χ4n) is 3.64. The quantitative estimate of drug-likeness (QED) is 0.122. The second-order valence-corrected chi connectivity index (χ2v) is 12.1. The molecule has 1 unspecified atom stereocenters. The first kappa shape index (κ1) is 31.3. The Hall–Kier alpha value is -3.63. The van der Waals surface area contributed by atoms with Crippen LogP contribution in [-0.4, -0.2) is 23.0 Å². The lowest BCUT2D eigenvalue weighted by Gasteiger charge is -2.14. The van der Waals surface area contributed by atoms with Crippen LogP contribution in [0.4, 0.5) is 15.8 Å². The lowest BCUT2D eigenvalue weighted by Crippen LogP contribution is -2.30. The Morgan fingerprint density at radius 1 is 0.905 bits per heavy atom. The van der Waals surface area contributed by atoms with E-state index < -0.39 is 22.9 Å². The number of anilines is 2. The van der Waals surface area contributed by atoms with Gasteiger partial charge in [-0.05, 0) is 79.2 Å². The molecule has 3 amide bonds. The van der Waals surface area contributed by atoms with Crippen molar-refractivity contribution in [3.05, 3.63) is 128 Å². The zero-order chi connectivity index (χ0) is 30.2. The number of carbonyl (C=O) groups is 3. The van der Waals surface area contributed by atoms with E-state index in [4.69, 9.17) is 23.2 Å². The first-order chi connectivity index (χ1) is 20.1. The van der Waals surface area contributed by atoms with Crippen LogP contribution in [0, 0.1) is 5.82 Å². The van der Waals surface area contributed by atoms with Crippen LogP contribution in [0.1, 0.15) is 22.8 Å². The van der Waals surface area contributed by atoms with Crippen molar-refractivity contribution in [2.24, 2.45) is 0 Å². The summed E-state index contributed by atoms with van der Waals surface area (Å²) in [5, 5.41) is 8.19. The molecule has 0 aliphatic carbocycles. The number of rotatable bonds is 9. The molecule has 0 heterocycles. The highest BCUT2D eigenvalue weighted by Gasteiger charge is 2.19. The number of hydrogen-bond donors (Lipinski definition) is 3. The molecule has 3 N–H and O–H groups in total. The molecule has 0 saturated heterocycles. The minimum Gasteiger partial charge on any atom is -0.323 e. The predicted octanol–water partition coefficient (Wildman–Crippen LogP) is 8.42. The molecule has 0 aromatic heterocycles. The zero-order valence-electron chi connectivity index (χ0n) is 22.0. The number of thioether (sulfide) groups is 1. The molecule has 0 fully saturated rings. The Balaban J connectivity index is 1.50. The first-order valence-electron chi connectivity index (χ1n) is 12.5. The van der Waals surface area contributed by atoms with E-state index in [9.17, 15) is 18.8 Å². The highest BCUT2D eigenvalue weighted by molar-refractivity contribution is 9.10. The van der Waals surface area contributed by atoms with Crippen LogP contribution in [0.5, 0.6) is 0 Å². The van der Waals surface area contributed by atoms with Crippen molar-refractivity contribution < 1.29 is 18.8 Å². The van der Waals surface area contributed by atoms with Crippen molar-refractivity contribution in [3.63, 3.8) is 0 Å². The van der Waals surface area contributed by atoms with Crippen LogP contribution >= 0.6 is 50.9 Å². The van der Waals surface area contributed by atoms with Crippen molar-refractivity contribution in [2.75, 3.05) is 10.6 Å². The number of hydrogen-bond acceptors (Lipinski definition) is 4. The summed E-state index contributed by atoms with van der Waals surface area (Å²) >= 11 is 16.8. The number of amides is 3. The van der Waals surface area contributed by atoms with Crippen molar-refractivity contribution in [2.45, 2.75) is 17.1 Å². The predicted molar refractivity (Wildman–Crippen MR) is 171 cm³/mol. The summed E-state index contributed by atoms with van der Waals surface area (Å²) in [5.74, 6) is -2.01. The van der Waals surface area contributed by atoms with Crippen molar-refractivity contribution >= 4 is 86.1 Å². The Bertz CT molecular complexity index is 1670. The third-order valence-corrected chi connectivity index (χ3v) is 7.90. The minimum absolute atomic E-state index is 0.0459. The van der Waals surface area contributed by atoms with Gasteiger partial charge in [0.1, 0.15) is 11.5 Å². The van der Waals surface area contributed by atoms with Crippen LogP contribution in [0.3, 0.4) is 0 Å². The lowest BCUT2D eigenvalue weighted by atomic mass is 10.1. The molecule has 4 aromatic rings. The largest absolute Gasteiger partial charge is 0.323 e.